The summed E-state index contributed by atoms with van der Waals surface area (Å²) in [6, 6.07) is 0. The van der Waals surface area contributed by atoms with E-state index in [4.69, 9.17) is 0 Å². The molecular weight excluding hydrogens is 280 g/mol. The highest BCUT2D eigenvalue weighted by Gasteiger charge is 2.10. The first-order valence-corrected chi connectivity index (χ1v) is 5.66. The first-order valence-electron chi connectivity index (χ1n) is 5.66. The second-order valence-corrected chi connectivity index (χ2v) is 3.24. The van der Waals surface area contributed by atoms with Gasteiger partial charge in [-0.3, -0.25) is 0 Å². The molecule has 0 aliphatic carbocycles. The maximum Gasteiger partial charge on any atom is 0.338 e. The van der Waals surface area contributed by atoms with Crippen LogP contribution in [0.1, 0.15) is 0 Å². The van der Waals surface area contributed by atoms with Crippen LogP contribution >= 0.6 is 0 Å². The van der Waals surface area contributed by atoms with Crippen LogP contribution < -0.4 is 0 Å². The Balaban J connectivity index is 0.000000471. The molecule has 112 valence electrons. The van der Waals surface area contributed by atoms with Gasteiger partial charge in [0.05, 0.1) is 0 Å². The van der Waals surface area contributed by atoms with E-state index in [1.165, 1.54) is 12.2 Å². The minimum Gasteiger partial charge on any atom is -0.458 e. The number of rotatable bonds is 6. The molecule has 0 aromatic carbocycles. The van der Waals surface area contributed by atoms with E-state index in [9.17, 15) is 19.2 Å². The smallest absolute Gasteiger partial charge is 0.338 e. The van der Waals surface area contributed by atoms with Crippen molar-refractivity contribution in [2.45, 2.75) is 0 Å². The molecule has 0 spiro atoms. The van der Waals surface area contributed by atoms with Gasteiger partial charge in [-0.15, -0.1) is 0 Å². The zero-order valence-corrected chi connectivity index (χ0v) is 11.2. The topological polar surface area (TPSA) is 96.0 Å². The zero-order valence-electron chi connectivity index (χ0n) is 11.2. The van der Waals surface area contributed by atoms with Crippen LogP contribution in [0.4, 0.5) is 0 Å². The van der Waals surface area contributed by atoms with Gasteiger partial charge in [-0.05, 0) is 0 Å². The molecule has 0 saturated carbocycles. The van der Waals surface area contributed by atoms with E-state index >= 15 is 0 Å². The molecule has 1 heterocycles. The highest BCUT2D eigenvalue weighted by Crippen LogP contribution is 1.92. The normalized spacial score (nSPS) is 12.2. The van der Waals surface area contributed by atoms with Crippen molar-refractivity contribution >= 4 is 23.9 Å². The van der Waals surface area contributed by atoms with Crippen LogP contribution in [0.15, 0.2) is 49.6 Å². The van der Waals surface area contributed by atoms with Gasteiger partial charge in [-0.25, -0.2) is 19.2 Å². The molecule has 0 fully saturated rings. The molecular formula is C14H14O7. The van der Waals surface area contributed by atoms with Crippen molar-refractivity contribution in [1.29, 1.82) is 0 Å². The average Bonchev–Trinajstić information content (AvgIpc) is 2.84. The molecule has 0 atom stereocenters. The maximum atomic E-state index is 10.8. The summed E-state index contributed by atoms with van der Waals surface area (Å²) in [5.41, 5.74) is 0. The lowest BCUT2D eigenvalue weighted by Gasteiger charge is -1.96. The van der Waals surface area contributed by atoms with E-state index in [0.29, 0.717) is 0 Å². The Morgan fingerprint density at radius 3 is 1.57 bits per heavy atom. The molecule has 0 aromatic rings. The van der Waals surface area contributed by atoms with Crippen LogP contribution in [0.3, 0.4) is 0 Å². The van der Waals surface area contributed by atoms with Gasteiger partial charge in [-0.2, -0.15) is 0 Å². The largest absolute Gasteiger partial charge is 0.458 e. The highest BCUT2D eigenvalue weighted by atomic mass is 16.6. The van der Waals surface area contributed by atoms with E-state index in [2.05, 4.69) is 27.4 Å². The van der Waals surface area contributed by atoms with E-state index in [1.54, 1.807) is 0 Å². The molecule has 21 heavy (non-hydrogen) atoms. The zero-order chi connectivity index (χ0) is 16.1. The van der Waals surface area contributed by atoms with Crippen molar-refractivity contribution in [1.82, 2.24) is 0 Å². The third-order valence-corrected chi connectivity index (χ3v) is 1.60. The second kappa shape index (κ2) is 10.9. The van der Waals surface area contributed by atoms with E-state index < -0.39 is 23.9 Å². The van der Waals surface area contributed by atoms with Crippen LogP contribution in [-0.4, -0.2) is 37.1 Å². The first-order chi connectivity index (χ1) is 9.99. The van der Waals surface area contributed by atoms with Gasteiger partial charge < -0.3 is 14.2 Å². The lowest BCUT2D eigenvalue weighted by molar-refractivity contribution is -0.150. The van der Waals surface area contributed by atoms with Crippen LogP contribution in [0.2, 0.25) is 0 Å². The Labute approximate surface area is 121 Å². The molecule has 0 bridgehead atoms. The van der Waals surface area contributed by atoms with Crippen molar-refractivity contribution < 1.29 is 33.4 Å². The summed E-state index contributed by atoms with van der Waals surface area (Å²) in [5.74, 6) is -2.38. The highest BCUT2D eigenvalue weighted by molar-refractivity contribution is 6.04. The molecule has 7 nitrogen and oxygen atoms in total. The Hall–Kier alpha value is -2.96. The van der Waals surface area contributed by atoms with E-state index in [-0.39, 0.29) is 13.2 Å². The standard InChI is InChI=1S/C10H12O4.C4H2O3/c1-3-7-13-9(11)5-6-10(12)14-8-4-2;5-3-1-2-4(6)7-3/h3-6H,1-2,7-8H2;1-2H/b6-5-;. The van der Waals surface area contributed by atoms with Crippen molar-refractivity contribution in [3.63, 3.8) is 0 Å². The Morgan fingerprint density at radius 1 is 0.952 bits per heavy atom. The van der Waals surface area contributed by atoms with Crippen molar-refractivity contribution in [2.24, 2.45) is 0 Å². The lowest BCUT2D eigenvalue weighted by atomic mass is 10.5. The summed E-state index contributed by atoms with van der Waals surface area (Å²) >= 11 is 0. The third-order valence-electron chi connectivity index (χ3n) is 1.60. The van der Waals surface area contributed by atoms with Gasteiger partial charge in [0.25, 0.3) is 0 Å². The predicted molar refractivity (Wildman–Crippen MR) is 71.7 cm³/mol. The Bertz CT molecular complexity index is 444. The summed E-state index contributed by atoms with van der Waals surface area (Å²) in [4.78, 5) is 41.4. The molecule has 0 amide bonds. The molecule has 0 unspecified atom stereocenters. The molecule has 7 heteroatoms. The van der Waals surface area contributed by atoms with Gasteiger partial charge in [0, 0.05) is 24.3 Å². The van der Waals surface area contributed by atoms with E-state index in [0.717, 1.165) is 24.3 Å². The SMILES string of the molecule is C=CCOC(=O)/C=C\C(=O)OCC=C.O=C1C=CC(=O)O1. The number of hydrogen-bond acceptors (Lipinski definition) is 7. The summed E-state index contributed by atoms with van der Waals surface area (Å²) < 4.78 is 13.1. The molecule has 1 aliphatic rings. The molecule has 0 saturated heterocycles. The fourth-order valence-corrected chi connectivity index (χ4v) is 0.818. The number of carbonyl (C=O) groups excluding carboxylic acids is 4. The van der Waals surface area contributed by atoms with Crippen LogP contribution in [-0.2, 0) is 33.4 Å². The van der Waals surface area contributed by atoms with E-state index in [1.807, 2.05) is 0 Å². The summed E-state index contributed by atoms with van der Waals surface area (Å²) in [6.45, 7) is 6.96. The Morgan fingerprint density at radius 2 is 1.33 bits per heavy atom. The van der Waals surface area contributed by atoms with Crippen LogP contribution in [0.5, 0.6) is 0 Å². The number of cyclic esters (lactones) is 2. The van der Waals surface area contributed by atoms with Crippen molar-refractivity contribution in [2.75, 3.05) is 13.2 Å². The number of ether oxygens (including phenoxy) is 3. The number of esters is 4. The molecule has 0 radical (unpaired) electrons. The fourth-order valence-electron chi connectivity index (χ4n) is 0.818. The summed E-state index contributed by atoms with van der Waals surface area (Å²) in [6.07, 6.45) is 7.03. The predicted octanol–water partition coefficient (Wildman–Crippen LogP) is 0.627. The Kier molecular flexibility index (Phi) is 9.38. The fraction of sp³-hybridized carbons (Fsp3) is 0.143. The van der Waals surface area contributed by atoms with Crippen molar-refractivity contribution in [3.05, 3.63) is 49.6 Å². The van der Waals surface area contributed by atoms with Crippen molar-refractivity contribution in [3.8, 4) is 0 Å². The second-order valence-electron chi connectivity index (χ2n) is 3.24. The minimum atomic E-state index is -0.611. The van der Waals surface area contributed by atoms with Crippen LogP contribution in [0.25, 0.3) is 0 Å². The van der Waals surface area contributed by atoms with Gasteiger partial charge in [0.2, 0.25) is 0 Å². The molecule has 1 aliphatic heterocycles. The van der Waals surface area contributed by atoms with Crippen LogP contribution in [0, 0.1) is 0 Å². The van der Waals surface area contributed by atoms with Gasteiger partial charge in [0.1, 0.15) is 13.2 Å². The summed E-state index contributed by atoms with van der Waals surface area (Å²) in [5, 5.41) is 0. The first kappa shape index (κ1) is 18.0. The van der Waals surface area contributed by atoms with Gasteiger partial charge in [-0.1, -0.05) is 25.3 Å². The van der Waals surface area contributed by atoms with Gasteiger partial charge in [0.15, 0.2) is 0 Å². The maximum absolute atomic E-state index is 10.8. The minimum absolute atomic E-state index is 0.116. The molecule has 0 aromatic heterocycles. The number of carbonyl (C=O) groups is 4. The monoisotopic (exact) mass is 294 g/mol. The van der Waals surface area contributed by atoms with Gasteiger partial charge >= 0.3 is 23.9 Å². The summed E-state index contributed by atoms with van der Waals surface area (Å²) in [7, 11) is 0. The molecule has 1 rings (SSSR count). The third kappa shape index (κ3) is 10.6. The number of hydrogen-bond donors (Lipinski definition) is 0. The lowest BCUT2D eigenvalue weighted by Crippen LogP contribution is -2.04. The quantitative estimate of drug-likeness (QED) is 0.233. The molecule has 0 N–H and O–H groups in total. The average molecular weight is 294 g/mol.